The van der Waals surface area contributed by atoms with Crippen molar-refractivity contribution in [3.63, 3.8) is 0 Å². The van der Waals surface area contributed by atoms with Gasteiger partial charge in [0.05, 0.1) is 4.90 Å². The Morgan fingerprint density at radius 1 is 1.00 bits per heavy atom. The van der Waals surface area contributed by atoms with Gasteiger partial charge in [0.2, 0.25) is 0 Å². The first-order chi connectivity index (χ1) is 10.4. The fourth-order valence-corrected chi connectivity index (χ4v) is 3.02. The minimum Gasteiger partial charge on any atom is -0.340 e. The van der Waals surface area contributed by atoms with E-state index in [-0.39, 0.29) is 4.90 Å². The Morgan fingerprint density at radius 3 is 2.41 bits per heavy atom. The summed E-state index contributed by atoms with van der Waals surface area (Å²) >= 11 is 6.03. The van der Waals surface area contributed by atoms with Crippen molar-refractivity contribution in [2.75, 3.05) is 5.32 Å². The number of rotatable bonds is 3. The molecule has 0 radical (unpaired) electrons. The second kappa shape index (κ2) is 5.76. The number of benzene rings is 2. The molecule has 0 atom stereocenters. The van der Waals surface area contributed by atoms with Crippen molar-refractivity contribution in [1.29, 1.82) is 0 Å². The van der Waals surface area contributed by atoms with Crippen molar-refractivity contribution in [2.45, 2.75) is 4.90 Å². The van der Waals surface area contributed by atoms with E-state index in [0.29, 0.717) is 16.5 Å². The maximum Gasteiger partial charge on any atom is 0.261 e. The summed E-state index contributed by atoms with van der Waals surface area (Å²) in [6.45, 7) is 0. The quantitative estimate of drug-likeness (QED) is 0.702. The molecule has 1 heterocycles. The van der Waals surface area contributed by atoms with Gasteiger partial charge in [0, 0.05) is 33.0 Å². The topological polar surface area (TPSA) is 59.1 Å². The van der Waals surface area contributed by atoms with E-state index in [9.17, 15) is 8.42 Å². The van der Waals surface area contributed by atoms with Crippen LogP contribution in [0.3, 0.4) is 0 Å². The van der Waals surface area contributed by atoms with Crippen LogP contribution in [0.15, 0.2) is 59.6 Å². The van der Waals surface area contributed by atoms with Crippen LogP contribution >= 0.6 is 22.3 Å². The zero-order valence-electron chi connectivity index (χ0n) is 11.1. The van der Waals surface area contributed by atoms with E-state index < -0.39 is 9.05 Å². The van der Waals surface area contributed by atoms with E-state index in [1.807, 2.05) is 24.3 Å². The first-order valence-corrected chi connectivity index (χ1v) is 8.98. The van der Waals surface area contributed by atoms with Crippen molar-refractivity contribution in [1.82, 2.24) is 4.98 Å². The molecule has 0 spiro atoms. The smallest absolute Gasteiger partial charge is 0.261 e. The van der Waals surface area contributed by atoms with E-state index in [1.54, 1.807) is 18.3 Å². The molecule has 7 heteroatoms. The SMILES string of the molecule is O=S(=O)(Cl)c1ccc(Nc2nccc3ccc(Cl)cc23)cc1. The number of hydrogen-bond donors (Lipinski definition) is 1. The minimum absolute atomic E-state index is 0.0497. The monoisotopic (exact) mass is 352 g/mol. The molecule has 0 saturated heterocycles. The highest BCUT2D eigenvalue weighted by atomic mass is 35.7. The molecule has 0 saturated carbocycles. The summed E-state index contributed by atoms with van der Waals surface area (Å²) in [5.74, 6) is 0.640. The van der Waals surface area contributed by atoms with Gasteiger partial charge in [-0.1, -0.05) is 17.7 Å². The lowest BCUT2D eigenvalue weighted by atomic mass is 10.1. The molecule has 3 rings (SSSR count). The van der Waals surface area contributed by atoms with Crippen LogP contribution in [-0.2, 0) is 9.05 Å². The van der Waals surface area contributed by atoms with Crippen LogP contribution in [0.1, 0.15) is 0 Å². The van der Waals surface area contributed by atoms with E-state index in [1.165, 1.54) is 12.1 Å². The Morgan fingerprint density at radius 2 is 1.73 bits per heavy atom. The van der Waals surface area contributed by atoms with Gasteiger partial charge in [-0.3, -0.25) is 0 Å². The number of hydrogen-bond acceptors (Lipinski definition) is 4. The van der Waals surface area contributed by atoms with Gasteiger partial charge in [0.25, 0.3) is 9.05 Å². The van der Waals surface area contributed by atoms with Crippen molar-refractivity contribution in [3.05, 3.63) is 59.8 Å². The van der Waals surface area contributed by atoms with Gasteiger partial charge in [-0.25, -0.2) is 13.4 Å². The fourth-order valence-electron chi connectivity index (χ4n) is 2.08. The predicted octanol–water partition coefficient (Wildman–Crippen LogP) is 4.56. The molecule has 1 N–H and O–H groups in total. The van der Waals surface area contributed by atoms with Crippen LogP contribution in [0.5, 0.6) is 0 Å². The molecule has 3 aromatic rings. The van der Waals surface area contributed by atoms with Gasteiger partial charge in [0.1, 0.15) is 5.82 Å². The summed E-state index contributed by atoms with van der Waals surface area (Å²) in [6, 6.07) is 13.6. The highest BCUT2D eigenvalue weighted by Gasteiger charge is 2.09. The third-order valence-corrected chi connectivity index (χ3v) is 4.73. The average molecular weight is 353 g/mol. The zero-order valence-corrected chi connectivity index (χ0v) is 13.5. The molecule has 0 aliphatic heterocycles. The lowest BCUT2D eigenvalue weighted by Gasteiger charge is -2.09. The number of aromatic nitrogens is 1. The molecule has 0 aliphatic rings. The second-order valence-electron chi connectivity index (χ2n) is 4.61. The number of anilines is 2. The molecule has 1 aromatic heterocycles. The Bertz CT molecular complexity index is 941. The van der Waals surface area contributed by atoms with Crippen LogP contribution in [0, 0.1) is 0 Å². The lowest BCUT2D eigenvalue weighted by Crippen LogP contribution is -1.96. The summed E-state index contributed by atoms with van der Waals surface area (Å²) in [7, 11) is 1.57. The summed E-state index contributed by atoms with van der Waals surface area (Å²) in [6.07, 6.45) is 1.69. The Hall–Kier alpha value is -1.82. The number of halogens is 2. The van der Waals surface area contributed by atoms with Gasteiger partial charge in [0.15, 0.2) is 0 Å². The van der Waals surface area contributed by atoms with E-state index in [4.69, 9.17) is 22.3 Å². The maximum absolute atomic E-state index is 11.2. The summed E-state index contributed by atoms with van der Waals surface area (Å²) in [5.41, 5.74) is 0.698. The van der Waals surface area contributed by atoms with Crippen molar-refractivity contribution in [3.8, 4) is 0 Å². The zero-order chi connectivity index (χ0) is 15.7. The highest BCUT2D eigenvalue weighted by molar-refractivity contribution is 8.13. The van der Waals surface area contributed by atoms with E-state index in [2.05, 4.69) is 10.3 Å². The molecule has 0 bridgehead atoms. The number of nitrogens with one attached hydrogen (secondary N) is 1. The molecular formula is C15H10Cl2N2O2S. The summed E-state index contributed by atoms with van der Waals surface area (Å²) in [4.78, 5) is 4.35. The van der Waals surface area contributed by atoms with Crippen LogP contribution in [0.2, 0.25) is 5.02 Å². The van der Waals surface area contributed by atoms with Crippen LogP contribution in [0.25, 0.3) is 10.8 Å². The molecule has 2 aromatic carbocycles. The van der Waals surface area contributed by atoms with Gasteiger partial charge >= 0.3 is 0 Å². The highest BCUT2D eigenvalue weighted by Crippen LogP contribution is 2.27. The maximum atomic E-state index is 11.2. The third-order valence-electron chi connectivity index (χ3n) is 3.13. The van der Waals surface area contributed by atoms with Crippen LogP contribution in [-0.4, -0.2) is 13.4 Å². The van der Waals surface area contributed by atoms with E-state index in [0.717, 1.165) is 10.8 Å². The molecular weight excluding hydrogens is 343 g/mol. The second-order valence-corrected chi connectivity index (χ2v) is 7.61. The Labute approximate surface area is 137 Å². The van der Waals surface area contributed by atoms with Crippen molar-refractivity contribution >= 4 is 53.6 Å². The molecule has 4 nitrogen and oxygen atoms in total. The molecule has 112 valence electrons. The molecule has 0 fully saturated rings. The van der Waals surface area contributed by atoms with Gasteiger partial charge in [-0.15, -0.1) is 0 Å². The number of fused-ring (bicyclic) bond motifs is 1. The minimum atomic E-state index is -3.72. The Balaban J connectivity index is 1.98. The molecule has 0 aliphatic carbocycles. The first kappa shape index (κ1) is 15.1. The third kappa shape index (κ3) is 3.16. The van der Waals surface area contributed by atoms with E-state index >= 15 is 0 Å². The van der Waals surface area contributed by atoms with Crippen LogP contribution in [0.4, 0.5) is 11.5 Å². The van der Waals surface area contributed by atoms with Crippen LogP contribution < -0.4 is 5.32 Å². The fraction of sp³-hybridized carbons (Fsp3) is 0. The standard InChI is InChI=1S/C15H10Cl2N2O2S/c16-11-2-1-10-7-8-18-15(14(10)9-11)19-12-3-5-13(6-4-12)22(17,20)21/h1-9H,(H,18,19). The van der Waals surface area contributed by atoms with Crippen molar-refractivity contribution in [2.24, 2.45) is 0 Å². The molecule has 22 heavy (non-hydrogen) atoms. The average Bonchev–Trinajstić information content (AvgIpc) is 2.47. The van der Waals surface area contributed by atoms with Crippen molar-refractivity contribution < 1.29 is 8.42 Å². The largest absolute Gasteiger partial charge is 0.340 e. The predicted molar refractivity (Wildman–Crippen MR) is 89.5 cm³/mol. The molecule has 0 unspecified atom stereocenters. The first-order valence-electron chi connectivity index (χ1n) is 6.29. The normalized spacial score (nSPS) is 11.5. The Kier molecular flexibility index (Phi) is 3.95. The number of pyridine rings is 1. The number of nitrogens with zero attached hydrogens (tertiary/aromatic N) is 1. The van der Waals surface area contributed by atoms with Gasteiger partial charge in [-0.2, -0.15) is 0 Å². The lowest BCUT2D eigenvalue weighted by molar-refractivity contribution is 0.609. The summed E-state index contributed by atoms with van der Waals surface area (Å²) in [5, 5.41) is 5.64. The summed E-state index contributed by atoms with van der Waals surface area (Å²) < 4.78 is 22.5. The molecule has 0 amide bonds. The van der Waals surface area contributed by atoms with Gasteiger partial charge < -0.3 is 5.32 Å². The van der Waals surface area contributed by atoms with Gasteiger partial charge in [-0.05, 0) is 47.9 Å².